The Labute approximate surface area is 140 Å². The lowest BCUT2D eigenvalue weighted by Gasteiger charge is -2.26. The molecule has 6 nitrogen and oxygen atoms in total. The fourth-order valence-electron chi connectivity index (χ4n) is 3.31. The second-order valence-corrected chi connectivity index (χ2v) is 7.48. The molecule has 0 saturated carbocycles. The average Bonchev–Trinajstić information content (AvgIpc) is 3.08. The molecule has 3 heterocycles. The molecule has 2 atom stereocenters. The second-order valence-electron chi connectivity index (χ2n) is 6.54. The number of likely N-dealkylation sites (N-methyl/N-ethyl adjacent to an activating group) is 1. The summed E-state index contributed by atoms with van der Waals surface area (Å²) in [4.78, 5) is 33.6. The Morgan fingerprint density at radius 1 is 1.48 bits per heavy atom. The number of fused-ring (bicyclic) bond motifs is 2. The number of carbonyl (C=O) groups excluding carboxylic acids is 2. The molecule has 2 amide bonds. The van der Waals surface area contributed by atoms with Gasteiger partial charge in [0, 0.05) is 49.9 Å². The number of rotatable bonds is 5. The van der Waals surface area contributed by atoms with E-state index in [1.807, 2.05) is 19.5 Å². The fraction of sp³-hybridized carbons (Fsp3) is 0.688. The molecule has 2 fully saturated rings. The predicted octanol–water partition coefficient (Wildman–Crippen LogP) is 0.805. The van der Waals surface area contributed by atoms with Crippen LogP contribution in [0, 0.1) is 6.92 Å². The molecule has 1 aromatic rings. The van der Waals surface area contributed by atoms with E-state index >= 15 is 0 Å². The first-order chi connectivity index (χ1) is 11.0. The Balaban J connectivity index is 1.51. The number of carbonyl (C=O) groups is 2. The third-order valence-electron chi connectivity index (χ3n) is 4.82. The van der Waals surface area contributed by atoms with Gasteiger partial charge in [0.1, 0.15) is 0 Å². The summed E-state index contributed by atoms with van der Waals surface area (Å²) >= 11 is 1.63. The summed E-state index contributed by atoms with van der Waals surface area (Å²) < 4.78 is 0. The van der Waals surface area contributed by atoms with Crippen LogP contribution < -0.4 is 5.32 Å². The lowest BCUT2D eigenvalue weighted by Crippen LogP contribution is -2.44. The molecular formula is C16H24N4O2S. The molecule has 0 spiro atoms. The molecule has 23 heavy (non-hydrogen) atoms. The van der Waals surface area contributed by atoms with E-state index < -0.39 is 0 Å². The third-order valence-corrected chi connectivity index (χ3v) is 5.82. The zero-order valence-electron chi connectivity index (χ0n) is 13.7. The van der Waals surface area contributed by atoms with E-state index in [9.17, 15) is 9.59 Å². The first kappa shape index (κ1) is 16.4. The third kappa shape index (κ3) is 3.90. The van der Waals surface area contributed by atoms with Gasteiger partial charge < -0.3 is 15.1 Å². The van der Waals surface area contributed by atoms with E-state index in [2.05, 4.69) is 10.3 Å². The maximum atomic E-state index is 12.4. The van der Waals surface area contributed by atoms with Gasteiger partial charge in [-0.3, -0.25) is 9.59 Å². The van der Waals surface area contributed by atoms with Crippen molar-refractivity contribution in [3.05, 3.63) is 16.1 Å². The van der Waals surface area contributed by atoms with Gasteiger partial charge in [0.05, 0.1) is 17.7 Å². The molecule has 2 aliphatic rings. The molecule has 2 saturated heterocycles. The van der Waals surface area contributed by atoms with Crippen molar-refractivity contribution in [2.45, 2.75) is 44.7 Å². The number of thiazole rings is 1. The molecule has 1 N–H and O–H groups in total. The van der Waals surface area contributed by atoms with E-state index in [0.717, 1.165) is 25.0 Å². The minimum atomic E-state index is 0.0123. The molecule has 2 bridgehead atoms. The summed E-state index contributed by atoms with van der Waals surface area (Å²) in [7, 11) is 1.81. The summed E-state index contributed by atoms with van der Waals surface area (Å²) in [6, 6.07) is 0.657. The Kier molecular flexibility index (Phi) is 4.96. The summed E-state index contributed by atoms with van der Waals surface area (Å²) in [5.74, 6) is 0.114. The molecule has 126 valence electrons. The van der Waals surface area contributed by atoms with Crippen LogP contribution in [0.1, 0.15) is 29.8 Å². The lowest BCUT2D eigenvalue weighted by molar-refractivity contribution is -0.139. The summed E-state index contributed by atoms with van der Waals surface area (Å²) in [6.07, 6.45) is 3.52. The SMILES string of the molecule is Cc1ncsc1CCN(C)C(=O)CN1CC2CCC(CC1=O)N2. The van der Waals surface area contributed by atoms with Gasteiger partial charge in [-0.2, -0.15) is 0 Å². The highest BCUT2D eigenvalue weighted by Crippen LogP contribution is 2.21. The van der Waals surface area contributed by atoms with Crippen LogP contribution in [0.5, 0.6) is 0 Å². The molecule has 0 aliphatic carbocycles. The molecular weight excluding hydrogens is 312 g/mol. The van der Waals surface area contributed by atoms with Crippen molar-refractivity contribution in [1.82, 2.24) is 20.1 Å². The van der Waals surface area contributed by atoms with Crippen LogP contribution in [-0.4, -0.2) is 65.4 Å². The quantitative estimate of drug-likeness (QED) is 0.864. The first-order valence-electron chi connectivity index (χ1n) is 8.19. The fourth-order valence-corrected chi connectivity index (χ4v) is 4.08. The van der Waals surface area contributed by atoms with Crippen molar-refractivity contribution in [2.75, 3.05) is 26.7 Å². The summed E-state index contributed by atoms with van der Waals surface area (Å²) in [6.45, 7) is 3.50. The van der Waals surface area contributed by atoms with Crippen molar-refractivity contribution in [1.29, 1.82) is 0 Å². The Morgan fingerprint density at radius 3 is 3.00 bits per heavy atom. The monoisotopic (exact) mass is 336 g/mol. The minimum absolute atomic E-state index is 0.0123. The van der Waals surface area contributed by atoms with E-state index in [-0.39, 0.29) is 18.4 Å². The molecule has 0 aromatic carbocycles. The maximum absolute atomic E-state index is 12.4. The van der Waals surface area contributed by atoms with Crippen molar-refractivity contribution < 1.29 is 9.59 Å². The zero-order valence-corrected chi connectivity index (χ0v) is 14.6. The average molecular weight is 336 g/mol. The van der Waals surface area contributed by atoms with Crippen LogP contribution in [0.2, 0.25) is 0 Å². The van der Waals surface area contributed by atoms with E-state index in [1.54, 1.807) is 21.1 Å². The molecule has 1 aromatic heterocycles. The zero-order chi connectivity index (χ0) is 16.4. The smallest absolute Gasteiger partial charge is 0.241 e. The molecule has 7 heteroatoms. The van der Waals surface area contributed by atoms with Gasteiger partial charge in [0.15, 0.2) is 0 Å². The molecule has 0 radical (unpaired) electrons. The summed E-state index contributed by atoms with van der Waals surface area (Å²) in [5, 5.41) is 3.47. The van der Waals surface area contributed by atoms with Gasteiger partial charge in [-0.15, -0.1) is 11.3 Å². The standard InChI is InChI=1S/C16H24N4O2S/c1-11-14(23-10-17-11)5-6-19(2)16(22)9-20-8-13-4-3-12(18-13)7-15(20)21/h10,12-13,18H,3-9H2,1-2H3. The highest BCUT2D eigenvalue weighted by atomic mass is 32.1. The van der Waals surface area contributed by atoms with Gasteiger partial charge in [0.2, 0.25) is 11.8 Å². The van der Waals surface area contributed by atoms with Crippen molar-refractivity contribution in [2.24, 2.45) is 0 Å². The number of aryl methyl sites for hydroxylation is 1. The highest BCUT2D eigenvalue weighted by molar-refractivity contribution is 7.09. The number of likely N-dealkylation sites (tertiary alicyclic amines) is 1. The summed E-state index contributed by atoms with van der Waals surface area (Å²) in [5.41, 5.74) is 2.88. The van der Waals surface area contributed by atoms with Crippen molar-refractivity contribution in [3.63, 3.8) is 0 Å². The molecule has 2 unspecified atom stereocenters. The number of hydrogen-bond acceptors (Lipinski definition) is 5. The van der Waals surface area contributed by atoms with Crippen LogP contribution in [0.3, 0.4) is 0 Å². The van der Waals surface area contributed by atoms with Gasteiger partial charge >= 0.3 is 0 Å². The van der Waals surface area contributed by atoms with Gasteiger partial charge in [-0.05, 0) is 19.8 Å². The van der Waals surface area contributed by atoms with Gasteiger partial charge in [0.25, 0.3) is 0 Å². The normalized spacial score (nSPS) is 23.9. The largest absolute Gasteiger partial charge is 0.344 e. The highest BCUT2D eigenvalue weighted by Gasteiger charge is 2.34. The van der Waals surface area contributed by atoms with Crippen LogP contribution in [-0.2, 0) is 16.0 Å². The topological polar surface area (TPSA) is 65.5 Å². The van der Waals surface area contributed by atoms with Crippen LogP contribution >= 0.6 is 11.3 Å². The Bertz CT molecular complexity index is 588. The van der Waals surface area contributed by atoms with Crippen LogP contribution in [0.4, 0.5) is 0 Å². The molecule has 3 rings (SSSR count). The maximum Gasteiger partial charge on any atom is 0.241 e. The molecule has 2 aliphatic heterocycles. The Hall–Kier alpha value is -1.47. The van der Waals surface area contributed by atoms with E-state index in [0.29, 0.717) is 31.6 Å². The van der Waals surface area contributed by atoms with Gasteiger partial charge in [-0.25, -0.2) is 4.98 Å². The number of nitrogens with one attached hydrogen (secondary N) is 1. The predicted molar refractivity (Wildman–Crippen MR) is 89.3 cm³/mol. The Morgan fingerprint density at radius 2 is 2.26 bits per heavy atom. The number of amides is 2. The van der Waals surface area contributed by atoms with Crippen molar-refractivity contribution >= 4 is 23.2 Å². The second kappa shape index (κ2) is 6.97. The van der Waals surface area contributed by atoms with Crippen LogP contribution in [0.25, 0.3) is 0 Å². The first-order valence-corrected chi connectivity index (χ1v) is 9.07. The van der Waals surface area contributed by atoms with Gasteiger partial charge in [-0.1, -0.05) is 0 Å². The van der Waals surface area contributed by atoms with E-state index in [4.69, 9.17) is 0 Å². The number of hydrogen-bond donors (Lipinski definition) is 1. The number of nitrogens with zero attached hydrogens (tertiary/aromatic N) is 3. The minimum Gasteiger partial charge on any atom is -0.344 e. The number of aromatic nitrogens is 1. The van der Waals surface area contributed by atoms with E-state index in [1.165, 1.54) is 4.88 Å². The van der Waals surface area contributed by atoms with Crippen LogP contribution in [0.15, 0.2) is 5.51 Å². The van der Waals surface area contributed by atoms with Crippen molar-refractivity contribution in [3.8, 4) is 0 Å². The lowest BCUT2D eigenvalue weighted by atomic mass is 10.1.